The molecule has 0 amide bonds. The first-order valence-electron chi connectivity index (χ1n) is 9.19. The third-order valence-electron chi connectivity index (χ3n) is 4.66. The number of para-hydroxylation sites is 1. The highest BCUT2D eigenvalue weighted by Gasteiger charge is 2.14. The third kappa shape index (κ3) is 4.85. The topological polar surface area (TPSA) is 70.7 Å². The summed E-state index contributed by atoms with van der Waals surface area (Å²) in [6.45, 7) is 4.25. The van der Waals surface area contributed by atoms with Gasteiger partial charge in [0, 0.05) is 17.5 Å². The number of aromatic nitrogens is 1. The lowest BCUT2D eigenvalue weighted by Gasteiger charge is -2.07. The zero-order valence-electron chi connectivity index (χ0n) is 16.7. The van der Waals surface area contributed by atoms with Crippen molar-refractivity contribution < 1.29 is 23.5 Å². The number of furan rings is 1. The van der Waals surface area contributed by atoms with Crippen LogP contribution in [0.5, 0.6) is 5.75 Å². The molecule has 0 spiro atoms. The summed E-state index contributed by atoms with van der Waals surface area (Å²) in [5.74, 6) is 0.412. The molecule has 0 radical (unpaired) electrons. The van der Waals surface area contributed by atoms with Gasteiger partial charge in [-0.15, -0.1) is 0 Å². The van der Waals surface area contributed by atoms with Gasteiger partial charge in [0.25, 0.3) is 0 Å². The van der Waals surface area contributed by atoms with Crippen molar-refractivity contribution >= 4 is 17.8 Å². The quantitative estimate of drug-likeness (QED) is 0.326. The number of Topliss-reactive ketones (excluding diaryl/α,β-unsaturated/α-hetero) is 1. The van der Waals surface area contributed by atoms with Gasteiger partial charge in [-0.2, -0.15) is 0 Å². The van der Waals surface area contributed by atoms with Crippen LogP contribution in [-0.4, -0.2) is 30.0 Å². The molecule has 6 nitrogen and oxygen atoms in total. The maximum atomic E-state index is 12.3. The first-order valence-corrected chi connectivity index (χ1v) is 9.19. The van der Waals surface area contributed by atoms with E-state index in [9.17, 15) is 9.59 Å². The molecule has 1 aromatic carbocycles. The predicted molar refractivity (Wildman–Crippen MR) is 109 cm³/mol. The molecule has 2 heterocycles. The van der Waals surface area contributed by atoms with E-state index >= 15 is 0 Å². The Labute approximate surface area is 169 Å². The van der Waals surface area contributed by atoms with E-state index in [0.717, 1.165) is 22.7 Å². The maximum Gasteiger partial charge on any atom is 0.331 e. The molecule has 6 heteroatoms. The van der Waals surface area contributed by atoms with Gasteiger partial charge in [0.15, 0.2) is 6.61 Å². The second kappa shape index (κ2) is 9.10. The Morgan fingerprint density at radius 2 is 1.93 bits per heavy atom. The number of rotatable bonds is 8. The fourth-order valence-electron chi connectivity index (χ4n) is 3.09. The van der Waals surface area contributed by atoms with Crippen molar-refractivity contribution in [2.75, 3.05) is 13.7 Å². The molecule has 29 heavy (non-hydrogen) atoms. The SMILES string of the molecule is COc1ccccc1C(=O)COC(=O)/C=C/c1cc(C)n(Cc2ccco2)c1C. The molecular formula is C23H23NO5. The Morgan fingerprint density at radius 3 is 2.66 bits per heavy atom. The minimum atomic E-state index is -0.580. The number of benzene rings is 1. The van der Waals surface area contributed by atoms with Gasteiger partial charge in [-0.1, -0.05) is 12.1 Å². The summed E-state index contributed by atoms with van der Waals surface area (Å²) in [6, 6.07) is 12.6. The Hall–Kier alpha value is -3.54. The van der Waals surface area contributed by atoms with Crippen molar-refractivity contribution in [3.05, 3.63) is 83.1 Å². The average Bonchev–Trinajstić information content (AvgIpc) is 3.34. The second-order valence-corrected chi connectivity index (χ2v) is 6.56. The van der Waals surface area contributed by atoms with Crippen LogP contribution in [0.4, 0.5) is 0 Å². The number of esters is 1. The number of carbonyl (C=O) groups excluding carboxylic acids is 2. The molecule has 0 aliphatic heterocycles. The van der Waals surface area contributed by atoms with Crippen molar-refractivity contribution in [2.45, 2.75) is 20.4 Å². The molecule has 150 valence electrons. The van der Waals surface area contributed by atoms with Gasteiger partial charge in [0.1, 0.15) is 11.5 Å². The highest BCUT2D eigenvalue weighted by atomic mass is 16.5. The van der Waals surface area contributed by atoms with Crippen LogP contribution in [0, 0.1) is 13.8 Å². The van der Waals surface area contributed by atoms with Gasteiger partial charge >= 0.3 is 5.97 Å². The second-order valence-electron chi connectivity index (χ2n) is 6.56. The molecule has 0 N–H and O–H groups in total. The monoisotopic (exact) mass is 393 g/mol. The average molecular weight is 393 g/mol. The molecule has 0 aliphatic carbocycles. The fraction of sp³-hybridized carbons (Fsp3) is 0.217. The summed E-state index contributed by atoms with van der Waals surface area (Å²) >= 11 is 0. The molecule has 0 bridgehead atoms. The van der Waals surface area contributed by atoms with Crippen LogP contribution in [0.2, 0.25) is 0 Å². The molecule has 0 fully saturated rings. The minimum Gasteiger partial charge on any atom is -0.496 e. The summed E-state index contributed by atoms with van der Waals surface area (Å²) in [6.07, 6.45) is 4.66. The van der Waals surface area contributed by atoms with E-state index in [-0.39, 0.29) is 12.4 Å². The number of nitrogens with zero attached hydrogens (tertiary/aromatic N) is 1. The lowest BCUT2D eigenvalue weighted by molar-refractivity contribution is -0.136. The zero-order valence-corrected chi connectivity index (χ0v) is 16.7. The molecule has 0 saturated heterocycles. The van der Waals surface area contributed by atoms with Crippen LogP contribution < -0.4 is 4.74 Å². The summed E-state index contributed by atoms with van der Waals surface area (Å²) < 4.78 is 17.8. The lowest BCUT2D eigenvalue weighted by Crippen LogP contribution is -2.13. The van der Waals surface area contributed by atoms with E-state index in [2.05, 4.69) is 4.57 Å². The normalized spacial score (nSPS) is 11.0. The molecule has 2 aromatic heterocycles. The fourth-order valence-corrected chi connectivity index (χ4v) is 3.09. The van der Waals surface area contributed by atoms with Crippen molar-refractivity contribution in [2.24, 2.45) is 0 Å². The van der Waals surface area contributed by atoms with Crippen LogP contribution in [0.25, 0.3) is 6.08 Å². The van der Waals surface area contributed by atoms with E-state index in [1.807, 2.05) is 32.0 Å². The van der Waals surface area contributed by atoms with Crippen molar-refractivity contribution in [3.63, 3.8) is 0 Å². The number of hydrogen-bond acceptors (Lipinski definition) is 5. The van der Waals surface area contributed by atoms with Crippen LogP contribution >= 0.6 is 0 Å². The van der Waals surface area contributed by atoms with Gasteiger partial charge in [-0.25, -0.2) is 4.79 Å². The number of aryl methyl sites for hydroxylation is 1. The molecule has 0 saturated carbocycles. The summed E-state index contributed by atoms with van der Waals surface area (Å²) in [5, 5.41) is 0. The van der Waals surface area contributed by atoms with Crippen molar-refractivity contribution in [1.29, 1.82) is 0 Å². The van der Waals surface area contributed by atoms with Gasteiger partial charge in [0.2, 0.25) is 5.78 Å². The Bertz CT molecular complexity index is 1030. The van der Waals surface area contributed by atoms with E-state index in [1.54, 1.807) is 36.6 Å². The smallest absolute Gasteiger partial charge is 0.331 e. The molecule has 0 aliphatic rings. The summed E-state index contributed by atoms with van der Waals surface area (Å²) in [4.78, 5) is 24.3. The van der Waals surface area contributed by atoms with Gasteiger partial charge in [0.05, 0.1) is 25.5 Å². The summed E-state index contributed by atoms with van der Waals surface area (Å²) in [7, 11) is 1.49. The van der Waals surface area contributed by atoms with E-state index in [4.69, 9.17) is 13.9 Å². The molecule has 3 rings (SSSR count). The Balaban J connectivity index is 1.61. The number of hydrogen-bond donors (Lipinski definition) is 0. The predicted octanol–water partition coefficient (Wildman–Crippen LogP) is 4.19. The molecule has 0 unspecified atom stereocenters. The molecular weight excluding hydrogens is 370 g/mol. The Kier molecular flexibility index (Phi) is 6.34. The zero-order chi connectivity index (χ0) is 20.8. The first-order chi connectivity index (χ1) is 14.0. The molecule has 3 aromatic rings. The van der Waals surface area contributed by atoms with Gasteiger partial charge in [-0.05, 0) is 55.8 Å². The van der Waals surface area contributed by atoms with Crippen molar-refractivity contribution in [1.82, 2.24) is 4.57 Å². The van der Waals surface area contributed by atoms with Gasteiger partial charge in [-0.3, -0.25) is 4.79 Å². The van der Waals surface area contributed by atoms with E-state index in [1.165, 1.54) is 13.2 Å². The highest BCUT2D eigenvalue weighted by Crippen LogP contribution is 2.19. The van der Waals surface area contributed by atoms with Crippen LogP contribution in [-0.2, 0) is 16.1 Å². The third-order valence-corrected chi connectivity index (χ3v) is 4.66. The first kappa shape index (κ1) is 20.2. The van der Waals surface area contributed by atoms with Crippen LogP contribution in [0.1, 0.15) is 33.1 Å². The largest absolute Gasteiger partial charge is 0.496 e. The molecule has 0 atom stereocenters. The standard InChI is InChI=1S/C23H23NO5/c1-16-13-18(17(2)24(16)14-19-7-6-12-28-19)10-11-23(26)29-15-21(25)20-8-4-5-9-22(20)27-3/h4-13H,14-15H2,1-3H3/b11-10+. The van der Waals surface area contributed by atoms with E-state index in [0.29, 0.717) is 17.9 Å². The Morgan fingerprint density at radius 1 is 1.14 bits per heavy atom. The number of methoxy groups -OCH3 is 1. The van der Waals surface area contributed by atoms with Crippen LogP contribution in [0.15, 0.2) is 59.2 Å². The van der Waals surface area contributed by atoms with Gasteiger partial charge < -0.3 is 18.5 Å². The number of ketones is 1. The van der Waals surface area contributed by atoms with Crippen LogP contribution in [0.3, 0.4) is 0 Å². The number of ether oxygens (including phenoxy) is 2. The maximum absolute atomic E-state index is 12.3. The number of carbonyl (C=O) groups is 2. The lowest BCUT2D eigenvalue weighted by atomic mass is 10.1. The summed E-state index contributed by atoms with van der Waals surface area (Å²) in [5.41, 5.74) is 3.35. The minimum absolute atomic E-state index is 0.319. The highest BCUT2D eigenvalue weighted by molar-refractivity contribution is 6.01. The van der Waals surface area contributed by atoms with Crippen molar-refractivity contribution in [3.8, 4) is 5.75 Å². The van der Waals surface area contributed by atoms with E-state index < -0.39 is 5.97 Å².